The molecule has 0 unspecified atom stereocenters. The fourth-order valence-electron chi connectivity index (χ4n) is 4.07. The molecule has 1 atom stereocenters. The average molecular weight is 521 g/mol. The molecule has 0 fully saturated rings. The van der Waals surface area contributed by atoms with Crippen LogP contribution in [0.2, 0.25) is 0 Å². The van der Waals surface area contributed by atoms with E-state index in [0.717, 1.165) is 5.56 Å². The Morgan fingerprint density at radius 3 is 2.67 bits per heavy atom. The van der Waals surface area contributed by atoms with Crippen LogP contribution in [0.15, 0.2) is 74.7 Å². The van der Waals surface area contributed by atoms with Crippen LogP contribution in [0.1, 0.15) is 34.8 Å². The number of aliphatic hydroxyl groups is 1. The van der Waals surface area contributed by atoms with Crippen LogP contribution >= 0.6 is 23.3 Å². The number of para-hydroxylation sites is 1. The van der Waals surface area contributed by atoms with Gasteiger partial charge in [-0.15, -0.1) is 11.3 Å². The van der Waals surface area contributed by atoms with Gasteiger partial charge < -0.3 is 24.8 Å². The second-order valence-corrected chi connectivity index (χ2v) is 10.0. The Kier molecular flexibility index (Phi) is 6.82. The third-order valence-corrected chi connectivity index (χ3v) is 7.96. The zero-order chi connectivity index (χ0) is 25.2. The van der Waals surface area contributed by atoms with Crippen molar-refractivity contribution in [2.75, 3.05) is 6.61 Å². The number of fused-ring (bicyclic) bond motifs is 2. The van der Waals surface area contributed by atoms with Crippen LogP contribution in [0.3, 0.4) is 0 Å². The molecule has 2 aromatic carbocycles. The number of nitrogens with zero attached hydrogens (tertiary/aromatic N) is 2. The topological polar surface area (TPSA) is 116 Å². The lowest BCUT2D eigenvalue weighted by Gasteiger charge is -2.19. The predicted molar refractivity (Wildman–Crippen MR) is 144 cm³/mol. The van der Waals surface area contributed by atoms with Crippen LogP contribution < -0.4 is 15.6 Å². The number of aromatic nitrogens is 1. The molecule has 0 aliphatic carbocycles. The minimum atomic E-state index is -0.367. The highest BCUT2D eigenvalue weighted by Crippen LogP contribution is 2.41. The molecule has 0 saturated heterocycles. The third-order valence-electron chi connectivity index (χ3n) is 6.05. The van der Waals surface area contributed by atoms with Crippen molar-refractivity contribution in [3.8, 4) is 5.75 Å². The second kappa shape index (κ2) is 10.2. The van der Waals surface area contributed by atoms with Gasteiger partial charge in [0.15, 0.2) is 5.84 Å². The molecule has 5 rings (SSSR count). The molecule has 0 radical (unpaired) electrons. The highest BCUT2D eigenvalue weighted by atomic mass is 32.2. The maximum absolute atomic E-state index is 13.7. The average Bonchev–Trinajstić information content (AvgIpc) is 3.34. The maximum Gasteiger partial charge on any atom is 0.266 e. The summed E-state index contributed by atoms with van der Waals surface area (Å²) >= 11 is 2.46. The molecule has 0 bridgehead atoms. The van der Waals surface area contributed by atoms with Crippen LogP contribution in [0.25, 0.3) is 10.9 Å². The van der Waals surface area contributed by atoms with Crippen molar-refractivity contribution in [1.29, 1.82) is 0 Å². The van der Waals surface area contributed by atoms with Gasteiger partial charge in [0.25, 0.3) is 11.5 Å². The van der Waals surface area contributed by atoms with Gasteiger partial charge in [-0.1, -0.05) is 49.4 Å². The van der Waals surface area contributed by atoms with E-state index in [2.05, 4.69) is 15.0 Å². The Bertz CT molecular complexity index is 1520. The van der Waals surface area contributed by atoms with Gasteiger partial charge in [0, 0.05) is 10.8 Å². The van der Waals surface area contributed by atoms with Gasteiger partial charge in [-0.2, -0.15) is 0 Å². The van der Waals surface area contributed by atoms with Gasteiger partial charge in [-0.25, -0.2) is 4.99 Å². The lowest BCUT2D eigenvalue weighted by Crippen LogP contribution is -2.37. The number of thiophene rings is 1. The van der Waals surface area contributed by atoms with Crippen molar-refractivity contribution in [3.05, 3.63) is 87.0 Å². The van der Waals surface area contributed by atoms with E-state index in [1.165, 1.54) is 23.3 Å². The van der Waals surface area contributed by atoms with Crippen LogP contribution in [0.4, 0.5) is 5.00 Å². The standard InChI is InChI=1S/C26H24N4O4S2/c1-2-16(13-31)27-24(33)18-14-35-25-22(18)36-29-23(28-25)20-21(32)17-10-6-7-11-19(17)30(26(20)34)12-15-8-4-3-5-9-15/h3-11,14,16,31-32H,2,12-13H2,1H3,(H,27,33)(H,28,29)/t16-/m0/s1. The summed E-state index contributed by atoms with van der Waals surface area (Å²) in [5.74, 6) is -0.197. The lowest BCUT2D eigenvalue weighted by molar-refractivity contribution is 0.0912. The Morgan fingerprint density at radius 2 is 1.92 bits per heavy atom. The molecule has 2 aromatic heterocycles. The number of hydrogen-bond donors (Lipinski definition) is 4. The van der Waals surface area contributed by atoms with Crippen molar-refractivity contribution in [2.45, 2.75) is 30.8 Å². The summed E-state index contributed by atoms with van der Waals surface area (Å²) in [5, 5.41) is 26.2. The second-order valence-electron chi connectivity index (χ2n) is 8.33. The minimum Gasteiger partial charge on any atom is -0.506 e. The molecule has 4 aromatic rings. The number of amides is 1. The molecular formula is C26H24N4O4S2. The number of hydrogen-bond acceptors (Lipinski definition) is 8. The Hall–Kier alpha value is -3.60. The van der Waals surface area contributed by atoms with Crippen LogP contribution in [-0.4, -0.2) is 39.2 Å². The zero-order valence-electron chi connectivity index (χ0n) is 19.4. The molecule has 36 heavy (non-hydrogen) atoms. The minimum absolute atomic E-state index is 0.0773. The van der Waals surface area contributed by atoms with Gasteiger partial charge in [-0.3, -0.25) is 9.59 Å². The smallest absolute Gasteiger partial charge is 0.266 e. The van der Waals surface area contributed by atoms with E-state index in [9.17, 15) is 19.8 Å². The van der Waals surface area contributed by atoms with Gasteiger partial charge >= 0.3 is 0 Å². The summed E-state index contributed by atoms with van der Waals surface area (Å²) in [4.78, 5) is 31.7. The summed E-state index contributed by atoms with van der Waals surface area (Å²) in [6.07, 6.45) is 0.610. The SMILES string of the molecule is CC[C@@H](CO)NC(=O)c1csc2c1SNC(c1c(O)c3ccccc3n(Cc3ccccc3)c1=O)=N2. The van der Waals surface area contributed by atoms with Crippen molar-refractivity contribution in [3.63, 3.8) is 0 Å². The van der Waals surface area contributed by atoms with E-state index in [1.54, 1.807) is 16.0 Å². The van der Waals surface area contributed by atoms with E-state index in [-0.39, 0.29) is 41.3 Å². The molecule has 10 heteroatoms. The largest absolute Gasteiger partial charge is 0.506 e. The molecule has 0 saturated carbocycles. The fraction of sp³-hybridized carbons (Fsp3) is 0.192. The van der Waals surface area contributed by atoms with Crippen LogP contribution in [0.5, 0.6) is 5.75 Å². The van der Waals surface area contributed by atoms with Crippen molar-refractivity contribution >= 4 is 50.9 Å². The van der Waals surface area contributed by atoms with Gasteiger partial charge in [0.1, 0.15) is 16.3 Å². The third kappa shape index (κ3) is 4.39. The molecule has 1 amide bonds. The van der Waals surface area contributed by atoms with Gasteiger partial charge in [-0.05, 0) is 36.1 Å². The molecular weight excluding hydrogens is 496 g/mol. The number of aliphatic hydroxyl groups excluding tert-OH is 1. The molecule has 1 aliphatic heterocycles. The summed E-state index contributed by atoms with van der Waals surface area (Å²) in [6.45, 7) is 2.09. The van der Waals surface area contributed by atoms with E-state index in [1.807, 2.05) is 55.5 Å². The number of pyridine rings is 1. The molecule has 0 spiro atoms. The first-order valence-corrected chi connectivity index (χ1v) is 13.1. The number of rotatable bonds is 7. The zero-order valence-corrected chi connectivity index (χ0v) is 21.0. The fourth-order valence-corrected chi connectivity index (χ4v) is 5.97. The number of aliphatic imine (C=N–C) groups is 1. The molecule has 3 heterocycles. The van der Waals surface area contributed by atoms with Gasteiger partial charge in [0.2, 0.25) is 0 Å². The number of aromatic hydroxyl groups is 1. The number of carbonyl (C=O) groups excluding carboxylic acids is 1. The quantitative estimate of drug-likeness (QED) is 0.274. The highest BCUT2D eigenvalue weighted by molar-refractivity contribution is 7.98. The van der Waals surface area contributed by atoms with E-state index in [0.29, 0.717) is 39.3 Å². The predicted octanol–water partition coefficient (Wildman–Crippen LogP) is 4.01. The van der Waals surface area contributed by atoms with Crippen molar-refractivity contribution < 1.29 is 15.0 Å². The Morgan fingerprint density at radius 1 is 1.17 bits per heavy atom. The van der Waals surface area contributed by atoms with Crippen LogP contribution in [0, 0.1) is 0 Å². The normalized spacial score (nSPS) is 13.6. The summed E-state index contributed by atoms with van der Waals surface area (Å²) in [5.41, 5.74) is 1.74. The van der Waals surface area contributed by atoms with Crippen molar-refractivity contribution in [1.82, 2.24) is 14.6 Å². The van der Waals surface area contributed by atoms with E-state index < -0.39 is 0 Å². The first kappa shape index (κ1) is 24.1. The van der Waals surface area contributed by atoms with Gasteiger partial charge in [0.05, 0.1) is 35.2 Å². The first-order chi connectivity index (χ1) is 17.5. The molecule has 184 valence electrons. The number of amidine groups is 1. The molecule has 1 aliphatic rings. The molecule has 8 nitrogen and oxygen atoms in total. The lowest BCUT2D eigenvalue weighted by atomic mass is 10.1. The van der Waals surface area contributed by atoms with E-state index in [4.69, 9.17) is 0 Å². The Balaban J connectivity index is 1.58. The molecule has 4 N–H and O–H groups in total. The number of nitrogens with one attached hydrogen (secondary N) is 2. The summed E-state index contributed by atoms with van der Waals surface area (Å²) in [7, 11) is 0. The van der Waals surface area contributed by atoms with Crippen molar-refractivity contribution in [2.24, 2.45) is 4.99 Å². The number of carbonyl (C=O) groups is 1. The monoisotopic (exact) mass is 520 g/mol. The van der Waals surface area contributed by atoms with Crippen LogP contribution in [-0.2, 0) is 6.54 Å². The van der Waals surface area contributed by atoms with E-state index >= 15 is 0 Å². The summed E-state index contributed by atoms with van der Waals surface area (Å²) in [6, 6.07) is 16.6. The maximum atomic E-state index is 13.7. The Labute approximate surface area is 215 Å². The first-order valence-electron chi connectivity index (χ1n) is 11.4. The number of benzene rings is 2. The summed E-state index contributed by atoms with van der Waals surface area (Å²) < 4.78 is 4.70. The highest BCUT2D eigenvalue weighted by Gasteiger charge is 2.28.